The van der Waals surface area contributed by atoms with Crippen LogP contribution in [0.15, 0.2) is 64.2 Å². The van der Waals surface area contributed by atoms with Crippen LogP contribution < -0.4 is 21.4 Å². The third-order valence-corrected chi connectivity index (χ3v) is 5.71. The van der Waals surface area contributed by atoms with Gasteiger partial charge in [-0.25, -0.2) is 18.5 Å². The second kappa shape index (κ2) is 11.2. The van der Waals surface area contributed by atoms with Crippen LogP contribution in [0, 0.1) is 18.7 Å². The van der Waals surface area contributed by atoms with E-state index in [4.69, 9.17) is 16.3 Å². The molecule has 0 fully saturated rings. The molecule has 0 aliphatic heterocycles. The first kappa shape index (κ1) is 26.5. The molecule has 0 saturated carbocycles. The average Bonchev–Trinajstić information content (AvgIpc) is 2.88. The fourth-order valence-corrected chi connectivity index (χ4v) is 3.52. The molecule has 0 aliphatic rings. The summed E-state index contributed by atoms with van der Waals surface area (Å²) in [5.74, 6) is -3.09. The van der Waals surface area contributed by atoms with Gasteiger partial charge in [-0.3, -0.25) is 9.36 Å². The summed E-state index contributed by atoms with van der Waals surface area (Å²) in [6.07, 6.45) is 0. The number of anilines is 2. The number of nitrogens with one attached hydrogen (secondary N) is 1. The maximum Gasteiger partial charge on any atom is 0.354 e. The molecule has 2 aromatic carbocycles. The van der Waals surface area contributed by atoms with E-state index in [1.54, 1.807) is 43.3 Å². The number of hydrogen-bond donors (Lipinski definition) is 2. The summed E-state index contributed by atoms with van der Waals surface area (Å²) in [7, 11) is 0. The predicted molar refractivity (Wildman–Crippen MR) is 137 cm³/mol. The molecule has 0 saturated heterocycles. The highest BCUT2D eigenvalue weighted by molar-refractivity contribution is 6.30. The molecule has 4 rings (SSSR count). The van der Waals surface area contributed by atoms with E-state index >= 15 is 0 Å². The third kappa shape index (κ3) is 6.21. The van der Waals surface area contributed by atoms with Gasteiger partial charge in [0.05, 0.1) is 18.2 Å². The van der Waals surface area contributed by atoms with Gasteiger partial charge in [0.1, 0.15) is 0 Å². The summed E-state index contributed by atoms with van der Waals surface area (Å²) in [6, 6.07) is 13.8. The number of carboxylic acid groups (broad SMARTS) is 1. The number of aliphatic carboxylic acids is 1. The van der Waals surface area contributed by atoms with Gasteiger partial charge in [-0.1, -0.05) is 30.7 Å². The largest absolute Gasteiger partial charge is 0.481 e. The Morgan fingerprint density at radius 2 is 1.84 bits per heavy atom. The van der Waals surface area contributed by atoms with Gasteiger partial charge < -0.3 is 15.2 Å². The summed E-state index contributed by atoms with van der Waals surface area (Å²) >= 11 is 5.96. The van der Waals surface area contributed by atoms with Gasteiger partial charge >= 0.3 is 17.3 Å². The highest BCUT2D eigenvalue weighted by Crippen LogP contribution is 2.26. The number of rotatable bonds is 9. The fraction of sp³-hybridized carbons (Fsp3) is 0.200. The molecular formula is C25H22ClFN6O5. The SMILES string of the molecule is Cc1ccc(Oc2ccc(Nc3nc(=O)n(C[C@H](C)C(=O)O)c(=O)n3Cc3ccc(Cl)cc3)cc2F)nn1. The Kier molecular flexibility index (Phi) is 7.82. The molecule has 4 aromatic rings. The fourth-order valence-electron chi connectivity index (χ4n) is 3.39. The van der Waals surface area contributed by atoms with Gasteiger partial charge in [0.15, 0.2) is 11.6 Å². The van der Waals surface area contributed by atoms with E-state index in [2.05, 4.69) is 20.5 Å². The molecule has 0 aliphatic carbocycles. The van der Waals surface area contributed by atoms with Gasteiger partial charge in [0.25, 0.3) is 0 Å². The molecule has 11 nitrogen and oxygen atoms in total. The van der Waals surface area contributed by atoms with Crippen molar-refractivity contribution < 1.29 is 19.0 Å². The van der Waals surface area contributed by atoms with E-state index in [0.29, 0.717) is 16.3 Å². The predicted octanol–water partition coefficient (Wildman–Crippen LogP) is 3.60. The summed E-state index contributed by atoms with van der Waals surface area (Å²) in [5, 5.41) is 20.2. The van der Waals surface area contributed by atoms with Crippen molar-refractivity contribution in [1.29, 1.82) is 0 Å². The summed E-state index contributed by atoms with van der Waals surface area (Å²) < 4.78 is 22.1. The van der Waals surface area contributed by atoms with Gasteiger partial charge in [-0.2, -0.15) is 10.1 Å². The lowest BCUT2D eigenvalue weighted by Gasteiger charge is -2.17. The van der Waals surface area contributed by atoms with E-state index in [1.165, 1.54) is 19.1 Å². The first-order valence-corrected chi connectivity index (χ1v) is 11.7. The number of halogens is 2. The molecule has 38 heavy (non-hydrogen) atoms. The Hall–Kier alpha value is -4.58. The van der Waals surface area contributed by atoms with E-state index in [-0.39, 0.29) is 36.4 Å². The molecular weight excluding hydrogens is 519 g/mol. The van der Waals surface area contributed by atoms with Crippen molar-refractivity contribution in [3.05, 3.63) is 97.7 Å². The van der Waals surface area contributed by atoms with Crippen LogP contribution in [0.5, 0.6) is 11.6 Å². The monoisotopic (exact) mass is 540 g/mol. The molecule has 196 valence electrons. The van der Waals surface area contributed by atoms with Crippen LogP contribution in [0.25, 0.3) is 0 Å². The molecule has 0 spiro atoms. The first-order chi connectivity index (χ1) is 18.1. The van der Waals surface area contributed by atoms with E-state index in [0.717, 1.165) is 15.2 Å². The number of hydrogen-bond acceptors (Lipinski definition) is 8. The summed E-state index contributed by atoms with van der Waals surface area (Å²) in [4.78, 5) is 41.2. The van der Waals surface area contributed by atoms with Crippen LogP contribution >= 0.6 is 11.6 Å². The lowest BCUT2D eigenvalue weighted by molar-refractivity contribution is -0.141. The number of carbonyl (C=O) groups is 1. The van der Waals surface area contributed by atoms with Crippen LogP contribution in [0.3, 0.4) is 0 Å². The van der Waals surface area contributed by atoms with E-state index < -0.39 is 29.1 Å². The van der Waals surface area contributed by atoms with E-state index in [1.807, 2.05) is 0 Å². The molecule has 2 heterocycles. The molecule has 0 amide bonds. The van der Waals surface area contributed by atoms with Crippen molar-refractivity contribution in [2.75, 3.05) is 5.32 Å². The minimum atomic E-state index is -1.17. The Morgan fingerprint density at radius 3 is 2.47 bits per heavy atom. The van der Waals surface area contributed by atoms with Crippen molar-refractivity contribution >= 4 is 29.2 Å². The number of aryl methyl sites for hydroxylation is 1. The third-order valence-electron chi connectivity index (χ3n) is 5.46. The lowest BCUT2D eigenvalue weighted by Crippen LogP contribution is -2.44. The van der Waals surface area contributed by atoms with Crippen molar-refractivity contribution in [2.24, 2.45) is 5.92 Å². The second-order valence-corrected chi connectivity index (χ2v) is 8.88. The number of nitrogens with zero attached hydrogens (tertiary/aromatic N) is 5. The Morgan fingerprint density at radius 1 is 1.11 bits per heavy atom. The highest BCUT2D eigenvalue weighted by atomic mass is 35.5. The van der Waals surface area contributed by atoms with Crippen molar-refractivity contribution in [2.45, 2.75) is 26.9 Å². The molecule has 0 radical (unpaired) electrons. The quantitative estimate of drug-likeness (QED) is 0.325. The Bertz CT molecular complexity index is 1590. The Balaban J connectivity index is 1.68. The maximum atomic E-state index is 14.8. The van der Waals surface area contributed by atoms with Crippen LogP contribution in [-0.4, -0.2) is 35.4 Å². The highest BCUT2D eigenvalue weighted by Gasteiger charge is 2.19. The van der Waals surface area contributed by atoms with E-state index in [9.17, 15) is 23.9 Å². The number of ether oxygens (including phenoxy) is 1. The molecule has 0 unspecified atom stereocenters. The van der Waals surface area contributed by atoms with Crippen molar-refractivity contribution in [3.63, 3.8) is 0 Å². The zero-order chi connectivity index (χ0) is 27.4. The van der Waals surface area contributed by atoms with Gasteiger partial charge in [0, 0.05) is 29.4 Å². The van der Waals surface area contributed by atoms with Crippen molar-refractivity contribution in [1.82, 2.24) is 24.3 Å². The summed E-state index contributed by atoms with van der Waals surface area (Å²) in [5.41, 5.74) is -0.219. The van der Waals surface area contributed by atoms with Gasteiger partial charge in [0.2, 0.25) is 11.8 Å². The smallest absolute Gasteiger partial charge is 0.354 e. The number of aromatic nitrogens is 5. The molecule has 0 bridgehead atoms. The first-order valence-electron chi connectivity index (χ1n) is 11.3. The maximum absolute atomic E-state index is 14.8. The standard InChI is InChI=1S/C25H22ClFN6O5/c1-14(22(34)35)12-33-24(36)29-23(32(25(33)37)13-16-4-6-17(26)7-5-16)28-18-8-9-20(19(27)11-18)38-21-10-3-15(2)30-31-21/h3-11,14H,12-13H2,1-2H3,(H,34,35)(H,28,29,36)/t14-/m0/s1. The van der Waals surface area contributed by atoms with Gasteiger partial charge in [-0.15, -0.1) is 5.10 Å². The second-order valence-electron chi connectivity index (χ2n) is 8.45. The molecule has 2 aromatic heterocycles. The molecule has 13 heteroatoms. The minimum Gasteiger partial charge on any atom is -0.481 e. The lowest BCUT2D eigenvalue weighted by atomic mass is 10.2. The minimum absolute atomic E-state index is 0.0250. The van der Waals surface area contributed by atoms with Crippen LogP contribution in [0.4, 0.5) is 16.0 Å². The zero-order valence-corrected chi connectivity index (χ0v) is 21.0. The zero-order valence-electron chi connectivity index (χ0n) is 20.3. The number of benzene rings is 2. The average molecular weight is 541 g/mol. The van der Waals surface area contributed by atoms with Crippen LogP contribution in [0.1, 0.15) is 18.2 Å². The van der Waals surface area contributed by atoms with Crippen LogP contribution in [-0.2, 0) is 17.9 Å². The molecule has 2 N–H and O–H groups in total. The van der Waals surface area contributed by atoms with Crippen LogP contribution in [0.2, 0.25) is 5.02 Å². The number of carboxylic acids is 1. The Labute approximate surface area is 220 Å². The summed E-state index contributed by atoms with van der Waals surface area (Å²) in [6.45, 7) is 2.73. The van der Waals surface area contributed by atoms with Crippen molar-refractivity contribution in [3.8, 4) is 11.6 Å². The topological polar surface area (TPSA) is 141 Å². The van der Waals surface area contributed by atoms with Gasteiger partial charge in [-0.05, 0) is 42.8 Å². The normalized spacial score (nSPS) is 11.7. The molecule has 1 atom stereocenters.